The van der Waals surface area contributed by atoms with Crippen molar-refractivity contribution < 1.29 is 10.0 Å². The minimum absolute atomic E-state index is 0.0630. The minimum atomic E-state index is -0.243. The van der Waals surface area contributed by atoms with Gasteiger partial charge in [-0.05, 0) is 12.1 Å². The molecule has 7 nitrogen and oxygen atoms in total. The molecule has 108 valence electrons. The van der Waals surface area contributed by atoms with Crippen molar-refractivity contribution in [3.8, 4) is 0 Å². The van der Waals surface area contributed by atoms with E-state index in [2.05, 4.69) is 15.1 Å². The maximum Gasteiger partial charge on any atom is 0.261 e. The van der Waals surface area contributed by atoms with Gasteiger partial charge in [0, 0.05) is 31.0 Å². The summed E-state index contributed by atoms with van der Waals surface area (Å²) in [7, 11) is 0. The second-order valence-corrected chi connectivity index (χ2v) is 4.26. The Morgan fingerprint density at radius 3 is 2.52 bits per heavy atom. The number of rotatable bonds is 5. The number of amides is 1. The third kappa shape index (κ3) is 3.75. The number of para-hydroxylation sites is 1. The Balaban J connectivity index is 2.25. The molecule has 0 radical (unpaired) electrons. The van der Waals surface area contributed by atoms with Crippen molar-refractivity contribution in [3.63, 3.8) is 0 Å². The highest BCUT2D eigenvalue weighted by molar-refractivity contribution is 6.06. The van der Waals surface area contributed by atoms with Crippen molar-refractivity contribution in [1.29, 1.82) is 0 Å². The molecule has 0 saturated heterocycles. The van der Waals surface area contributed by atoms with Crippen LogP contribution in [0.1, 0.15) is 16.8 Å². The summed E-state index contributed by atoms with van der Waals surface area (Å²) >= 11 is 0. The quantitative estimate of drug-likeness (QED) is 0.372. The van der Waals surface area contributed by atoms with Crippen LogP contribution in [0.15, 0.2) is 54.2 Å². The number of oxime groups is 1. The summed E-state index contributed by atoms with van der Waals surface area (Å²) in [6, 6.07) is 9.16. The van der Waals surface area contributed by atoms with Gasteiger partial charge in [-0.2, -0.15) is 0 Å². The summed E-state index contributed by atoms with van der Waals surface area (Å²) in [4.78, 5) is 21.8. The highest BCUT2D eigenvalue weighted by atomic mass is 16.4. The Hall–Kier alpha value is -2.96. The first-order valence-corrected chi connectivity index (χ1v) is 6.30. The van der Waals surface area contributed by atoms with E-state index in [0.717, 1.165) is 5.69 Å². The van der Waals surface area contributed by atoms with Gasteiger partial charge in [0.25, 0.3) is 5.91 Å². The highest BCUT2D eigenvalue weighted by Crippen LogP contribution is 2.16. The zero-order valence-electron chi connectivity index (χ0n) is 11.3. The van der Waals surface area contributed by atoms with Crippen LogP contribution >= 0.6 is 0 Å². The Morgan fingerprint density at radius 1 is 1.24 bits per heavy atom. The predicted octanol–water partition coefficient (Wildman–Crippen LogP) is 1.26. The molecule has 0 aliphatic carbocycles. The number of amidine groups is 1. The molecule has 21 heavy (non-hydrogen) atoms. The van der Waals surface area contributed by atoms with Gasteiger partial charge in [-0.1, -0.05) is 23.4 Å². The molecular formula is C14H15N5O2. The van der Waals surface area contributed by atoms with E-state index in [1.54, 1.807) is 0 Å². The first kappa shape index (κ1) is 14.4. The van der Waals surface area contributed by atoms with Crippen LogP contribution < -0.4 is 10.6 Å². The summed E-state index contributed by atoms with van der Waals surface area (Å²) in [5, 5.41) is 11.5. The summed E-state index contributed by atoms with van der Waals surface area (Å²) in [6.07, 6.45) is 4.52. The predicted molar refractivity (Wildman–Crippen MR) is 78.2 cm³/mol. The van der Waals surface area contributed by atoms with E-state index in [1.165, 1.54) is 23.6 Å². The number of hydrogen-bond acceptors (Lipinski definition) is 5. The van der Waals surface area contributed by atoms with Gasteiger partial charge in [-0.25, -0.2) is 9.97 Å². The van der Waals surface area contributed by atoms with Crippen LogP contribution in [0.2, 0.25) is 0 Å². The van der Waals surface area contributed by atoms with E-state index in [-0.39, 0.29) is 24.7 Å². The fourth-order valence-corrected chi connectivity index (χ4v) is 1.80. The summed E-state index contributed by atoms with van der Waals surface area (Å²) in [5.74, 6) is -0.180. The molecule has 0 aliphatic rings. The molecule has 0 fully saturated rings. The lowest BCUT2D eigenvalue weighted by atomic mass is 10.2. The molecule has 0 atom stereocenters. The van der Waals surface area contributed by atoms with E-state index < -0.39 is 0 Å². The molecule has 0 bridgehead atoms. The van der Waals surface area contributed by atoms with E-state index in [9.17, 15) is 4.79 Å². The van der Waals surface area contributed by atoms with Gasteiger partial charge in [0.1, 0.15) is 12.2 Å². The fraction of sp³-hybridized carbons (Fsp3) is 0.143. The maximum atomic E-state index is 12.5. The molecule has 1 heterocycles. The topological polar surface area (TPSA) is 105 Å². The maximum absolute atomic E-state index is 12.5. The van der Waals surface area contributed by atoms with Crippen LogP contribution in [-0.2, 0) is 0 Å². The van der Waals surface area contributed by atoms with Crippen LogP contribution in [0.25, 0.3) is 0 Å². The Labute approximate surface area is 121 Å². The van der Waals surface area contributed by atoms with E-state index in [1.807, 2.05) is 30.3 Å². The Morgan fingerprint density at radius 2 is 1.90 bits per heavy atom. The number of aromatic nitrogens is 2. The van der Waals surface area contributed by atoms with Crippen molar-refractivity contribution in [3.05, 3.63) is 54.6 Å². The second-order valence-electron chi connectivity index (χ2n) is 4.26. The second kappa shape index (κ2) is 6.99. The van der Waals surface area contributed by atoms with Crippen LogP contribution in [0.5, 0.6) is 0 Å². The minimum Gasteiger partial charge on any atom is -0.409 e. The lowest BCUT2D eigenvalue weighted by Gasteiger charge is -2.22. The van der Waals surface area contributed by atoms with Crippen molar-refractivity contribution in [2.75, 3.05) is 11.4 Å². The third-order valence-corrected chi connectivity index (χ3v) is 2.84. The zero-order valence-corrected chi connectivity index (χ0v) is 11.3. The number of carbonyl (C=O) groups is 1. The van der Waals surface area contributed by atoms with Crippen LogP contribution in [0.4, 0.5) is 5.69 Å². The molecule has 1 amide bonds. The Kier molecular flexibility index (Phi) is 4.81. The highest BCUT2D eigenvalue weighted by Gasteiger charge is 2.18. The van der Waals surface area contributed by atoms with E-state index in [4.69, 9.17) is 10.9 Å². The van der Waals surface area contributed by atoms with Crippen molar-refractivity contribution >= 4 is 17.4 Å². The largest absolute Gasteiger partial charge is 0.409 e. The van der Waals surface area contributed by atoms with E-state index >= 15 is 0 Å². The number of nitrogens with zero attached hydrogens (tertiary/aromatic N) is 4. The van der Waals surface area contributed by atoms with Gasteiger partial charge in [0.2, 0.25) is 0 Å². The number of carbonyl (C=O) groups excluding carboxylic acids is 1. The Bertz CT molecular complexity index is 616. The average molecular weight is 285 g/mol. The van der Waals surface area contributed by atoms with Crippen LogP contribution in [-0.4, -0.2) is 33.5 Å². The molecule has 7 heteroatoms. The van der Waals surface area contributed by atoms with Gasteiger partial charge in [-0.3, -0.25) is 4.79 Å². The number of hydrogen-bond donors (Lipinski definition) is 2. The fourth-order valence-electron chi connectivity index (χ4n) is 1.80. The number of benzene rings is 1. The molecule has 2 aromatic rings. The lowest BCUT2D eigenvalue weighted by molar-refractivity contribution is 0.0987. The van der Waals surface area contributed by atoms with Crippen molar-refractivity contribution in [2.45, 2.75) is 6.42 Å². The molecule has 0 aliphatic heterocycles. The molecule has 1 aromatic carbocycles. The average Bonchev–Trinajstić information content (AvgIpc) is 2.56. The molecule has 0 spiro atoms. The molecule has 1 aromatic heterocycles. The van der Waals surface area contributed by atoms with Crippen LogP contribution in [0, 0.1) is 0 Å². The molecule has 2 rings (SSSR count). The van der Waals surface area contributed by atoms with Gasteiger partial charge in [-0.15, -0.1) is 0 Å². The van der Waals surface area contributed by atoms with Gasteiger partial charge < -0.3 is 15.8 Å². The SMILES string of the molecule is N/C(CCN(C(=O)c1cncnc1)c1ccccc1)=N/O. The van der Waals surface area contributed by atoms with Crippen LogP contribution in [0.3, 0.4) is 0 Å². The van der Waals surface area contributed by atoms with Gasteiger partial charge >= 0.3 is 0 Å². The molecule has 0 saturated carbocycles. The van der Waals surface area contributed by atoms with Gasteiger partial charge in [0.05, 0.1) is 5.56 Å². The summed E-state index contributed by atoms with van der Waals surface area (Å²) in [6.45, 7) is 0.285. The van der Waals surface area contributed by atoms with Gasteiger partial charge in [0.15, 0.2) is 0 Å². The summed E-state index contributed by atoms with van der Waals surface area (Å²) < 4.78 is 0. The first-order chi connectivity index (χ1) is 10.2. The zero-order chi connectivity index (χ0) is 15.1. The normalized spacial score (nSPS) is 11.1. The third-order valence-electron chi connectivity index (χ3n) is 2.84. The first-order valence-electron chi connectivity index (χ1n) is 6.30. The standard InChI is InChI=1S/C14H15N5O2/c15-13(18-21)6-7-19(12-4-2-1-3-5-12)14(20)11-8-16-10-17-9-11/h1-5,8-10,21H,6-7H2,(H2,15,18). The number of anilines is 1. The van der Waals surface area contributed by atoms with Crippen molar-refractivity contribution in [1.82, 2.24) is 9.97 Å². The van der Waals surface area contributed by atoms with E-state index in [0.29, 0.717) is 5.56 Å². The summed E-state index contributed by atoms with van der Waals surface area (Å²) in [5.41, 5.74) is 6.57. The monoisotopic (exact) mass is 285 g/mol. The lowest BCUT2D eigenvalue weighted by Crippen LogP contribution is -2.34. The molecular weight excluding hydrogens is 270 g/mol. The van der Waals surface area contributed by atoms with Crippen molar-refractivity contribution in [2.24, 2.45) is 10.9 Å². The molecule has 3 N–H and O–H groups in total. The number of nitrogens with two attached hydrogens (primary N) is 1. The smallest absolute Gasteiger partial charge is 0.261 e. The molecule has 0 unspecified atom stereocenters.